The number of ether oxygens (including phenoxy) is 2. The van der Waals surface area contributed by atoms with Crippen molar-refractivity contribution in [2.45, 2.75) is 26.7 Å². The second-order valence-electron chi connectivity index (χ2n) is 5.51. The molecule has 2 rings (SSSR count). The third-order valence-electron chi connectivity index (χ3n) is 4.01. The Morgan fingerprint density at radius 3 is 2.46 bits per heavy atom. The summed E-state index contributed by atoms with van der Waals surface area (Å²) in [5.74, 6) is 0.856. The molecule has 1 amide bonds. The molecule has 0 fully saturated rings. The van der Waals surface area contributed by atoms with Gasteiger partial charge in [-0.25, -0.2) is 0 Å². The molecule has 7 heteroatoms. The number of nitrogens with one attached hydrogen (secondary N) is 1. The van der Waals surface area contributed by atoms with Crippen LogP contribution in [0.15, 0.2) is 12.1 Å². The van der Waals surface area contributed by atoms with E-state index in [2.05, 4.69) is 10.4 Å². The van der Waals surface area contributed by atoms with E-state index in [4.69, 9.17) is 21.1 Å². The molecule has 130 valence electrons. The summed E-state index contributed by atoms with van der Waals surface area (Å²) in [7, 11) is 4.94. The lowest BCUT2D eigenvalue weighted by molar-refractivity contribution is -0.116. The first kappa shape index (κ1) is 18.1. The van der Waals surface area contributed by atoms with Gasteiger partial charge >= 0.3 is 0 Å². The smallest absolute Gasteiger partial charge is 0.224 e. The van der Waals surface area contributed by atoms with Crippen molar-refractivity contribution >= 4 is 23.2 Å². The molecule has 0 unspecified atom stereocenters. The molecule has 2 aromatic rings. The zero-order valence-corrected chi connectivity index (χ0v) is 15.3. The molecule has 6 nitrogen and oxygen atoms in total. The topological polar surface area (TPSA) is 65.4 Å². The van der Waals surface area contributed by atoms with Crippen LogP contribution < -0.4 is 14.8 Å². The van der Waals surface area contributed by atoms with E-state index in [1.807, 2.05) is 25.6 Å². The van der Waals surface area contributed by atoms with Crippen molar-refractivity contribution in [3.05, 3.63) is 34.1 Å². The number of carbonyl (C=O) groups is 1. The first-order chi connectivity index (χ1) is 11.4. The highest BCUT2D eigenvalue weighted by molar-refractivity contribution is 6.32. The van der Waals surface area contributed by atoms with Crippen molar-refractivity contribution < 1.29 is 14.3 Å². The molecule has 24 heavy (non-hydrogen) atoms. The van der Waals surface area contributed by atoms with Gasteiger partial charge in [0.15, 0.2) is 0 Å². The van der Waals surface area contributed by atoms with Crippen LogP contribution in [0, 0.1) is 13.8 Å². The number of hydrogen-bond acceptors (Lipinski definition) is 4. The first-order valence-corrected chi connectivity index (χ1v) is 7.95. The van der Waals surface area contributed by atoms with E-state index in [1.165, 1.54) is 14.2 Å². The average molecular weight is 352 g/mol. The summed E-state index contributed by atoms with van der Waals surface area (Å²) in [6.07, 6.45) is 0.978. The van der Waals surface area contributed by atoms with E-state index in [9.17, 15) is 4.79 Å². The highest BCUT2D eigenvalue weighted by atomic mass is 35.5. The van der Waals surface area contributed by atoms with Crippen molar-refractivity contribution in [2.75, 3.05) is 19.5 Å². The second kappa shape index (κ2) is 7.57. The number of nitrogens with zero attached hydrogens (tertiary/aromatic N) is 2. The van der Waals surface area contributed by atoms with Crippen LogP contribution in [-0.2, 0) is 18.3 Å². The quantitative estimate of drug-likeness (QED) is 0.867. The van der Waals surface area contributed by atoms with Crippen molar-refractivity contribution in [3.63, 3.8) is 0 Å². The van der Waals surface area contributed by atoms with Crippen molar-refractivity contribution in [2.24, 2.45) is 7.05 Å². The van der Waals surface area contributed by atoms with Crippen molar-refractivity contribution in [3.8, 4) is 11.5 Å². The van der Waals surface area contributed by atoms with Crippen LogP contribution >= 0.6 is 11.6 Å². The Kier molecular flexibility index (Phi) is 5.72. The van der Waals surface area contributed by atoms with E-state index >= 15 is 0 Å². The molecule has 1 heterocycles. The van der Waals surface area contributed by atoms with Gasteiger partial charge in [-0.1, -0.05) is 11.6 Å². The fraction of sp³-hybridized carbons (Fsp3) is 0.412. The molecule has 0 aliphatic heterocycles. The Bertz CT molecular complexity index is 756. The third-order valence-corrected chi connectivity index (χ3v) is 4.30. The minimum atomic E-state index is -0.111. The van der Waals surface area contributed by atoms with Gasteiger partial charge < -0.3 is 14.8 Å². The molecule has 0 saturated carbocycles. The molecular weight excluding hydrogens is 330 g/mol. The van der Waals surface area contributed by atoms with E-state index in [0.29, 0.717) is 35.1 Å². The monoisotopic (exact) mass is 351 g/mol. The molecule has 0 atom stereocenters. The minimum absolute atomic E-state index is 0.111. The predicted molar refractivity (Wildman–Crippen MR) is 94.2 cm³/mol. The lowest BCUT2D eigenvalue weighted by atomic mass is 10.1. The van der Waals surface area contributed by atoms with E-state index in [1.54, 1.807) is 12.1 Å². The Labute approximate surface area is 146 Å². The van der Waals surface area contributed by atoms with Gasteiger partial charge in [-0.3, -0.25) is 9.48 Å². The summed E-state index contributed by atoms with van der Waals surface area (Å²) in [4.78, 5) is 12.3. The molecule has 0 bridgehead atoms. The van der Waals surface area contributed by atoms with Gasteiger partial charge in [0.05, 0.1) is 30.6 Å². The molecule has 1 N–H and O–H groups in total. The van der Waals surface area contributed by atoms with Gasteiger partial charge in [-0.15, -0.1) is 0 Å². The molecule has 0 aliphatic rings. The van der Waals surface area contributed by atoms with Crippen molar-refractivity contribution in [1.82, 2.24) is 9.78 Å². The summed E-state index contributed by atoms with van der Waals surface area (Å²) in [6, 6.07) is 3.27. The number of anilines is 1. The summed E-state index contributed by atoms with van der Waals surface area (Å²) in [5, 5.41) is 7.64. The summed E-state index contributed by atoms with van der Waals surface area (Å²) in [5.41, 5.74) is 3.66. The van der Waals surface area contributed by atoms with Crippen LogP contribution in [0.4, 0.5) is 5.69 Å². The maximum Gasteiger partial charge on any atom is 0.224 e. The summed E-state index contributed by atoms with van der Waals surface area (Å²) >= 11 is 6.07. The van der Waals surface area contributed by atoms with Crippen molar-refractivity contribution in [1.29, 1.82) is 0 Å². The van der Waals surface area contributed by atoms with Crippen LogP contribution in [0.3, 0.4) is 0 Å². The van der Waals surface area contributed by atoms with E-state index in [0.717, 1.165) is 17.0 Å². The molecule has 1 aromatic heterocycles. The Morgan fingerprint density at radius 1 is 1.25 bits per heavy atom. The van der Waals surface area contributed by atoms with Gasteiger partial charge in [-0.2, -0.15) is 5.10 Å². The number of hydrogen-bond donors (Lipinski definition) is 1. The van der Waals surface area contributed by atoms with Gasteiger partial charge in [0.2, 0.25) is 5.91 Å². The Morgan fingerprint density at radius 2 is 1.92 bits per heavy atom. The summed E-state index contributed by atoms with van der Waals surface area (Å²) in [6.45, 7) is 3.95. The van der Waals surface area contributed by atoms with Gasteiger partial charge in [0.1, 0.15) is 11.5 Å². The maximum absolute atomic E-state index is 12.3. The van der Waals surface area contributed by atoms with Crippen LogP contribution in [0.5, 0.6) is 11.5 Å². The number of aryl methyl sites for hydroxylation is 2. The van der Waals surface area contributed by atoms with Gasteiger partial charge in [-0.05, 0) is 25.8 Å². The second-order valence-corrected chi connectivity index (χ2v) is 5.92. The van der Waals surface area contributed by atoms with Crippen LogP contribution in [-0.4, -0.2) is 29.9 Å². The normalized spacial score (nSPS) is 10.6. The molecule has 1 aromatic carbocycles. The lowest BCUT2D eigenvalue weighted by Gasteiger charge is -2.13. The number of halogens is 1. The van der Waals surface area contributed by atoms with Crippen LogP contribution in [0.25, 0.3) is 0 Å². The minimum Gasteiger partial charge on any atom is -0.495 e. The Hall–Kier alpha value is -2.21. The molecular formula is C17H22ClN3O3. The zero-order chi connectivity index (χ0) is 17.9. The van der Waals surface area contributed by atoms with Gasteiger partial charge in [0.25, 0.3) is 0 Å². The number of amides is 1. The molecule has 0 spiro atoms. The standard InChI is InChI=1S/C17H22ClN3O3/c1-10-12(11(2)21(3)20-10)6-7-17(22)19-14-9-15(23-4)13(18)8-16(14)24-5/h8-9H,6-7H2,1-5H3,(H,19,22). The third kappa shape index (κ3) is 3.82. The molecule has 0 radical (unpaired) electrons. The fourth-order valence-corrected chi connectivity index (χ4v) is 2.82. The fourth-order valence-electron chi connectivity index (χ4n) is 2.59. The van der Waals surface area contributed by atoms with Crippen LogP contribution in [0.2, 0.25) is 5.02 Å². The maximum atomic E-state index is 12.3. The van der Waals surface area contributed by atoms with E-state index < -0.39 is 0 Å². The van der Waals surface area contributed by atoms with Gasteiger partial charge in [0, 0.05) is 31.3 Å². The molecule has 0 saturated heterocycles. The Balaban J connectivity index is 2.09. The lowest BCUT2D eigenvalue weighted by Crippen LogP contribution is -2.13. The largest absolute Gasteiger partial charge is 0.495 e. The van der Waals surface area contributed by atoms with Crippen LogP contribution in [0.1, 0.15) is 23.4 Å². The number of aromatic nitrogens is 2. The van der Waals surface area contributed by atoms with E-state index in [-0.39, 0.29) is 5.91 Å². The summed E-state index contributed by atoms with van der Waals surface area (Å²) < 4.78 is 12.3. The number of carbonyl (C=O) groups excluding carboxylic acids is 1. The average Bonchev–Trinajstić information content (AvgIpc) is 2.79. The highest BCUT2D eigenvalue weighted by Gasteiger charge is 2.15. The molecule has 0 aliphatic carbocycles. The zero-order valence-electron chi connectivity index (χ0n) is 14.6. The number of rotatable bonds is 6. The SMILES string of the molecule is COc1cc(NC(=O)CCc2c(C)nn(C)c2C)c(OC)cc1Cl. The predicted octanol–water partition coefficient (Wildman–Crippen LogP) is 3.28. The highest BCUT2D eigenvalue weighted by Crippen LogP contribution is 2.35. The first-order valence-electron chi connectivity index (χ1n) is 7.57. The number of methoxy groups -OCH3 is 2. The number of benzene rings is 1.